The summed E-state index contributed by atoms with van der Waals surface area (Å²) in [7, 11) is 0. The van der Waals surface area contributed by atoms with E-state index in [2.05, 4.69) is 48.1 Å². The lowest BCUT2D eigenvalue weighted by Crippen LogP contribution is -1.99. The van der Waals surface area contributed by atoms with Crippen LogP contribution in [0.1, 0.15) is 27.0 Å². The van der Waals surface area contributed by atoms with Crippen LogP contribution in [0.3, 0.4) is 0 Å². The molecule has 4 heteroatoms. The van der Waals surface area contributed by atoms with E-state index in [9.17, 15) is 9.90 Å². The maximum atomic E-state index is 11.3. The van der Waals surface area contributed by atoms with Gasteiger partial charge in [0.2, 0.25) is 0 Å². The monoisotopic (exact) mass is 356 g/mol. The zero-order valence-electron chi connectivity index (χ0n) is 15.5. The molecular formula is C23H20N2O2. The minimum Gasteiger partial charge on any atom is -0.478 e. The molecule has 0 amide bonds. The number of aromatic carboxylic acids is 1. The van der Waals surface area contributed by atoms with E-state index in [1.54, 1.807) is 6.07 Å². The summed E-state index contributed by atoms with van der Waals surface area (Å²) in [6.45, 7) is 6.06. The summed E-state index contributed by atoms with van der Waals surface area (Å²) in [6.07, 6.45) is 3.82. The molecular weight excluding hydrogens is 336 g/mol. The molecule has 27 heavy (non-hydrogen) atoms. The summed E-state index contributed by atoms with van der Waals surface area (Å²) in [5.74, 6) is -0.906. The van der Waals surface area contributed by atoms with Crippen LogP contribution in [-0.2, 0) is 0 Å². The van der Waals surface area contributed by atoms with Crippen molar-refractivity contribution in [3.05, 3.63) is 77.1 Å². The number of H-pyrrole nitrogens is 1. The van der Waals surface area contributed by atoms with Gasteiger partial charge in [0.1, 0.15) is 5.65 Å². The van der Waals surface area contributed by atoms with Gasteiger partial charge in [0, 0.05) is 28.9 Å². The van der Waals surface area contributed by atoms with Crippen LogP contribution in [0.25, 0.3) is 33.3 Å². The molecule has 2 heterocycles. The van der Waals surface area contributed by atoms with E-state index < -0.39 is 5.97 Å². The first kappa shape index (κ1) is 17.0. The Morgan fingerprint density at radius 2 is 1.78 bits per heavy atom. The van der Waals surface area contributed by atoms with Crippen molar-refractivity contribution in [2.45, 2.75) is 20.8 Å². The molecule has 2 N–H and O–H groups in total. The molecule has 0 atom stereocenters. The Balaban J connectivity index is 1.87. The predicted octanol–water partition coefficient (Wildman–Crippen LogP) is 5.52. The standard InChI is InChI=1S/C23H20N2O2/c1-13-5-4-6-19(15(13)3)17-10-20-21(12-25-22(20)24-11-17)16-7-8-18(23(26)27)14(2)9-16/h4-12H,1-3H3,(H,24,25)(H,26,27). The Kier molecular flexibility index (Phi) is 4.04. The van der Waals surface area contributed by atoms with E-state index in [4.69, 9.17) is 0 Å². The number of carboxylic acid groups (broad SMARTS) is 1. The molecule has 0 spiro atoms. The van der Waals surface area contributed by atoms with Crippen molar-refractivity contribution in [1.82, 2.24) is 9.97 Å². The number of aromatic nitrogens is 2. The second-order valence-corrected chi connectivity index (χ2v) is 6.90. The summed E-state index contributed by atoms with van der Waals surface area (Å²) >= 11 is 0. The third-order valence-corrected chi connectivity index (χ3v) is 5.21. The largest absolute Gasteiger partial charge is 0.478 e. The number of rotatable bonds is 3. The second kappa shape index (κ2) is 6.40. The topological polar surface area (TPSA) is 66.0 Å². The third kappa shape index (κ3) is 2.89. The average Bonchev–Trinajstić information content (AvgIpc) is 3.06. The summed E-state index contributed by atoms with van der Waals surface area (Å²) in [4.78, 5) is 19.1. The third-order valence-electron chi connectivity index (χ3n) is 5.21. The molecule has 0 bridgehead atoms. The lowest BCUT2D eigenvalue weighted by atomic mass is 9.96. The van der Waals surface area contributed by atoms with Crippen LogP contribution in [0.15, 0.2) is 54.9 Å². The van der Waals surface area contributed by atoms with Crippen LogP contribution in [0.5, 0.6) is 0 Å². The molecule has 4 aromatic rings. The van der Waals surface area contributed by atoms with Gasteiger partial charge in [0.25, 0.3) is 0 Å². The quantitative estimate of drug-likeness (QED) is 0.508. The van der Waals surface area contributed by atoms with Gasteiger partial charge >= 0.3 is 5.97 Å². The van der Waals surface area contributed by atoms with Gasteiger partial charge in [0.05, 0.1) is 5.56 Å². The molecule has 4 nitrogen and oxygen atoms in total. The molecule has 2 aromatic carbocycles. The lowest BCUT2D eigenvalue weighted by molar-refractivity contribution is 0.0696. The van der Waals surface area contributed by atoms with E-state index >= 15 is 0 Å². The SMILES string of the molecule is Cc1cc(-c2c[nH]c3ncc(-c4cccc(C)c4C)cc23)ccc1C(=O)O. The molecule has 0 unspecified atom stereocenters. The van der Waals surface area contributed by atoms with Crippen molar-refractivity contribution in [3.8, 4) is 22.3 Å². The number of aromatic amines is 1. The van der Waals surface area contributed by atoms with Crippen LogP contribution in [0.4, 0.5) is 0 Å². The fourth-order valence-electron chi connectivity index (χ4n) is 3.52. The van der Waals surface area contributed by atoms with Crippen molar-refractivity contribution in [2.75, 3.05) is 0 Å². The highest BCUT2D eigenvalue weighted by Crippen LogP contribution is 2.33. The van der Waals surface area contributed by atoms with Crippen molar-refractivity contribution >= 4 is 17.0 Å². The van der Waals surface area contributed by atoms with Gasteiger partial charge in [-0.3, -0.25) is 0 Å². The Labute approximate surface area is 157 Å². The Bertz CT molecular complexity index is 1190. The van der Waals surface area contributed by atoms with E-state index in [0.29, 0.717) is 5.56 Å². The number of hydrogen-bond acceptors (Lipinski definition) is 2. The maximum absolute atomic E-state index is 11.3. The van der Waals surface area contributed by atoms with E-state index in [0.717, 1.165) is 33.3 Å². The maximum Gasteiger partial charge on any atom is 0.335 e. The summed E-state index contributed by atoms with van der Waals surface area (Å²) in [5.41, 5.74) is 8.63. The van der Waals surface area contributed by atoms with Crippen LogP contribution in [0.2, 0.25) is 0 Å². The number of benzene rings is 2. The van der Waals surface area contributed by atoms with Crippen LogP contribution >= 0.6 is 0 Å². The Morgan fingerprint density at radius 1 is 0.963 bits per heavy atom. The number of hydrogen-bond donors (Lipinski definition) is 2. The number of pyridine rings is 1. The molecule has 0 fully saturated rings. The second-order valence-electron chi connectivity index (χ2n) is 6.90. The molecule has 0 aliphatic rings. The minimum absolute atomic E-state index is 0.327. The first-order chi connectivity index (χ1) is 13.0. The van der Waals surface area contributed by atoms with Crippen LogP contribution in [0, 0.1) is 20.8 Å². The van der Waals surface area contributed by atoms with Gasteiger partial charge in [-0.1, -0.05) is 30.3 Å². The van der Waals surface area contributed by atoms with Gasteiger partial charge < -0.3 is 10.1 Å². The molecule has 134 valence electrons. The summed E-state index contributed by atoms with van der Waals surface area (Å²) in [6, 6.07) is 13.9. The van der Waals surface area contributed by atoms with Crippen LogP contribution in [-0.4, -0.2) is 21.0 Å². The van der Waals surface area contributed by atoms with Gasteiger partial charge in [-0.15, -0.1) is 0 Å². The molecule has 2 aromatic heterocycles. The van der Waals surface area contributed by atoms with E-state index in [-0.39, 0.29) is 0 Å². The van der Waals surface area contributed by atoms with E-state index in [1.807, 2.05) is 31.5 Å². The van der Waals surface area contributed by atoms with Gasteiger partial charge in [-0.25, -0.2) is 9.78 Å². The van der Waals surface area contributed by atoms with Gasteiger partial charge in [-0.2, -0.15) is 0 Å². The fourth-order valence-corrected chi connectivity index (χ4v) is 3.52. The Hall–Kier alpha value is -3.40. The summed E-state index contributed by atoms with van der Waals surface area (Å²) in [5, 5.41) is 10.3. The number of fused-ring (bicyclic) bond motifs is 1. The number of carbonyl (C=O) groups is 1. The number of aryl methyl sites for hydroxylation is 2. The van der Waals surface area contributed by atoms with Gasteiger partial charge in [0.15, 0.2) is 0 Å². The van der Waals surface area contributed by atoms with Crippen molar-refractivity contribution < 1.29 is 9.90 Å². The molecule has 0 aliphatic carbocycles. The van der Waals surface area contributed by atoms with Crippen molar-refractivity contribution in [1.29, 1.82) is 0 Å². The number of carboxylic acids is 1. The minimum atomic E-state index is -0.906. The Morgan fingerprint density at radius 3 is 2.52 bits per heavy atom. The van der Waals surface area contributed by atoms with Crippen LogP contribution < -0.4 is 0 Å². The smallest absolute Gasteiger partial charge is 0.335 e. The highest BCUT2D eigenvalue weighted by Gasteiger charge is 2.13. The zero-order valence-corrected chi connectivity index (χ0v) is 15.5. The highest BCUT2D eigenvalue weighted by atomic mass is 16.4. The normalized spacial score (nSPS) is 11.1. The van der Waals surface area contributed by atoms with Gasteiger partial charge in [-0.05, 0) is 60.7 Å². The lowest BCUT2D eigenvalue weighted by Gasteiger charge is -2.09. The predicted molar refractivity (Wildman–Crippen MR) is 108 cm³/mol. The fraction of sp³-hybridized carbons (Fsp3) is 0.130. The zero-order chi connectivity index (χ0) is 19.1. The van der Waals surface area contributed by atoms with Crippen molar-refractivity contribution in [3.63, 3.8) is 0 Å². The molecule has 0 aliphatic heterocycles. The average molecular weight is 356 g/mol. The number of nitrogens with zero attached hydrogens (tertiary/aromatic N) is 1. The molecule has 0 radical (unpaired) electrons. The van der Waals surface area contributed by atoms with E-state index in [1.165, 1.54) is 16.7 Å². The van der Waals surface area contributed by atoms with Crippen molar-refractivity contribution in [2.24, 2.45) is 0 Å². The highest BCUT2D eigenvalue weighted by molar-refractivity contribution is 5.97. The number of nitrogens with one attached hydrogen (secondary N) is 1. The summed E-state index contributed by atoms with van der Waals surface area (Å²) < 4.78 is 0. The first-order valence-electron chi connectivity index (χ1n) is 8.83. The molecule has 4 rings (SSSR count). The molecule has 0 saturated carbocycles. The first-order valence-corrected chi connectivity index (χ1v) is 8.83. The molecule has 0 saturated heterocycles.